The summed E-state index contributed by atoms with van der Waals surface area (Å²) in [5, 5.41) is 3.93. The number of nitrogens with zero attached hydrogens (tertiary/aromatic N) is 2. The predicted octanol–water partition coefficient (Wildman–Crippen LogP) is 4.04. The van der Waals surface area contributed by atoms with Crippen molar-refractivity contribution in [3.05, 3.63) is 45.8 Å². The van der Waals surface area contributed by atoms with Crippen LogP contribution in [0.1, 0.15) is 25.8 Å². The highest BCUT2D eigenvalue weighted by atomic mass is 35.5. The Kier molecular flexibility index (Phi) is 6.08. The van der Waals surface area contributed by atoms with Crippen molar-refractivity contribution in [3.63, 3.8) is 0 Å². The number of pyridine rings is 1. The molecule has 7 nitrogen and oxygen atoms in total. The summed E-state index contributed by atoms with van der Waals surface area (Å²) in [4.78, 5) is 21.3. The molecule has 0 fully saturated rings. The maximum atomic E-state index is 14.7. The second kappa shape index (κ2) is 8.13. The smallest absolute Gasteiger partial charge is 0.353 e. The first-order valence-corrected chi connectivity index (χ1v) is 11.4. The van der Waals surface area contributed by atoms with Crippen molar-refractivity contribution < 1.29 is 27.2 Å². The van der Waals surface area contributed by atoms with Gasteiger partial charge in [-0.15, -0.1) is 0 Å². The number of hydrogen-bond acceptors (Lipinski definition) is 7. The molecule has 0 saturated carbocycles. The van der Waals surface area contributed by atoms with Crippen molar-refractivity contribution in [1.29, 1.82) is 0 Å². The lowest BCUT2D eigenvalue weighted by Crippen LogP contribution is -2.37. The quantitative estimate of drug-likeness (QED) is 0.606. The Hall–Kier alpha value is -2.23. The van der Waals surface area contributed by atoms with Crippen LogP contribution in [-0.2, 0) is 24.2 Å². The van der Waals surface area contributed by atoms with Crippen molar-refractivity contribution in [2.75, 3.05) is 12.9 Å². The lowest BCUT2D eigenvalue weighted by molar-refractivity contribution is -0.166. The van der Waals surface area contributed by atoms with E-state index in [0.717, 1.165) is 18.5 Å². The number of sulfone groups is 1. The predicted molar refractivity (Wildman–Crippen MR) is 110 cm³/mol. The Balaban J connectivity index is 2.02. The van der Waals surface area contributed by atoms with Crippen LogP contribution in [0.4, 0.5) is 4.39 Å². The molecule has 1 aliphatic rings. The Morgan fingerprint density at radius 2 is 1.97 bits per heavy atom. The summed E-state index contributed by atoms with van der Waals surface area (Å²) in [5.74, 6) is -1.29. The van der Waals surface area contributed by atoms with Gasteiger partial charge in [0.2, 0.25) is 5.60 Å². The molecule has 1 aliphatic heterocycles. The van der Waals surface area contributed by atoms with Crippen molar-refractivity contribution in [2.24, 2.45) is 5.16 Å². The zero-order chi connectivity index (χ0) is 22.3. The maximum absolute atomic E-state index is 14.7. The Morgan fingerprint density at radius 1 is 1.27 bits per heavy atom. The molecule has 0 N–H and O–H groups in total. The molecule has 1 aromatic heterocycles. The first-order chi connectivity index (χ1) is 14.0. The molecular weight excluding hydrogens is 458 g/mol. The Labute approximate surface area is 182 Å². The second-order valence-electron chi connectivity index (χ2n) is 6.84. The van der Waals surface area contributed by atoms with Crippen LogP contribution >= 0.6 is 23.2 Å². The van der Waals surface area contributed by atoms with Gasteiger partial charge in [0, 0.05) is 30.0 Å². The third kappa shape index (κ3) is 4.28. The first kappa shape index (κ1) is 22.5. The van der Waals surface area contributed by atoms with Crippen LogP contribution in [-0.4, -0.2) is 43.5 Å². The van der Waals surface area contributed by atoms with Gasteiger partial charge in [-0.2, -0.15) is 0 Å². The topological polar surface area (TPSA) is 94.9 Å². The van der Waals surface area contributed by atoms with Gasteiger partial charge in [0.1, 0.15) is 5.82 Å². The molecule has 2 heterocycles. The minimum Gasteiger partial charge on any atom is -0.463 e. The summed E-state index contributed by atoms with van der Waals surface area (Å²) in [6, 6.07) is 3.64. The van der Waals surface area contributed by atoms with Crippen LogP contribution in [0.5, 0.6) is 0 Å². The zero-order valence-electron chi connectivity index (χ0n) is 16.2. The van der Waals surface area contributed by atoms with Crippen LogP contribution in [0, 0.1) is 5.82 Å². The third-order valence-corrected chi connectivity index (χ3v) is 6.12. The number of hydrogen-bond donors (Lipinski definition) is 0. The van der Waals surface area contributed by atoms with E-state index in [1.165, 1.54) is 19.1 Å². The van der Waals surface area contributed by atoms with Crippen molar-refractivity contribution >= 4 is 44.7 Å². The van der Waals surface area contributed by atoms with Gasteiger partial charge in [-0.1, -0.05) is 28.4 Å². The minimum atomic E-state index is -3.53. The molecule has 1 atom stereocenters. The molecule has 0 bridgehead atoms. The molecule has 11 heteroatoms. The molecule has 3 rings (SSSR count). The lowest BCUT2D eigenvalue weighted by atomic mass is 9.94. The molecule has 1 unspecified atom stereocenters. The van der Waals surface area contributed by atoms with Crippen molar-refractivity contribution in [1.82, 2.24) is 4.98 Å². The Morgan fingerprint density at radius 3 is 2.57 bits per heavy atom. The van der Waals surface area contributed by atoms with Crippen LogP contribution in [0.2, 0.25) is 10.0 Å². The molecular formula is C19H17Cl2FN2O5S. The molecule has 1 aromatic carbocycles. The average molecular weight is 475 g/mol. The van der Waals surface area contributed by atoms with E-state index >= 15 is 0 Å². The van der Waals surface area contributed by atoms with Gasteiger partial charge in [0.05, 0.1) is 33.0 Å². The van der Waals surface area contributed by atoms with Crippen LogP contribution in [0.3, 0.4) is 0 Å². The molecule has 0 amide bonds. The maximum Gasteiger partial charge on any atom is 0.353 e. The van der Waals surface area contributed by atoms with Crippen molar-refractivity contribution in [2.45, 2.75) is 30.8 Å². The molecule has 0 aliphatic carbocycles. The van der Waals surface area contributed by atoms with Gasteiger partial charge in [-0.25, -0.2) is 17.6 Å². The molecule has 30 heavy (non-hydrogen) atoms. The zero-order valence-corrected chi connectivity index (χ0v) is 18.5. The van der Waals surface area contributed by atoms with Gasteiger partial charge in [0.15, 0.2) is 9.84 Å². The van der Waals surface area contributed by atoms with E-state index in [0.29, 0.717) is 11.3 Å². The number of carbonyl (C=O) groups is 1. The fraction of sp³-hybridized carbons (Fsp3) is 0.316. The molecule has 160 valence electrons. The number of benzene rings is 1. The van der Waals surface area contributed by atoms with E-state index < -0.39 is 27.2 Å². The number of carbonyl (C=O) groups excluding carboxylic acids is 1. The standard InChI is InChI=1S/C19H17Cl2FN2O5S/c1-4-28-18(25)19(2)8-16(24-29-19)11-6-12(15(22)7-13(11)20)17-14(21)5-10(9-23-17)30(3,26)27/h5-7,9H,4,8H2,1-3H3. The number of rotatable bonds is 5. The highest BCUT2D eigenvalue weighted by Crippen LogP contribution is 2.36. The third-order valence-electron chi connectivity index (χ3n) is 4.44. The number of aromatic nitrogens is 1. The lowest BCUT2D eigenvalue weighted by Gasteiger charge is -2.18. The fourth-order valence-corrected chi connectivity index (χ4v) is 4.02. The summed E-state index contributed by atoms with van der Waals surface area (Å²) in [6.45, 7) is 3.39. The average Bonchev–Trinajstić information content (AvgIpc) is 3.05. The van der Waals surface area contributed by atoms with E-state index in [9.17, 15) is 17.6 Å². The highest BCUT2D eigenvalue weighted by molar-refractivity contribution is 7.90. The fourth-order valence-electron chi connectivity index (χ4n) is 2.85. The Bertz CT molecular complexity index is 1170. The summed E-state index contributed by atoms with van der Waals surface area (Å²) in [6.07, 6.45) is 2.17. The monoisotopic (exact) mass is 474 g/mol. The molecule has 0 saturated heterocycles. The number of ether oxygens (including phenoxy) is 1. The SMILES string of the molecule is CCOC(=O)C1(C)CC(c2cc(-c3ncc(S(C)(=O)=O)cc3Cl)c(F)cc2Cl)=NO1. The van der Waals surface area contributed by atoms with E-state index in [1.54, 1.807) is 6.92 Å². The van der Waals surface area contributed by atoms with Gasteiger partial charge < -0.3 is 9.57 Å². The highest BCUT2D eigenvalue weighted by Gasteiger charge is 2.44. The number of oxime groups is 1. The largest absolute Gasteiger partial charge is 0.463 e. The van der Waals surface area contributed by atoms with E-state index in [-0.39, 0.29) is 39.2 Å². The van der Waals surface area contributed by atoms with Crippen LogP contribution < -0.4 is 0 Å². The summed E-state index contributed by atoms with van der Waals surface area (Å²) < 4.78 is 43.0. The van der Waals surface area contributed by atoms with Crippen LogP contribution in [0.15, 0.2) is 34.4 Å². The van der Waals surface area contributed by atoms with Crippen LogP contribution in [0.25, 0.3) is 11.3 Å². The number of halogens is 3. The van der Waals surface area contributed by atoms with E-state index in [4.69, 9.17) is 32.8 Å². The minimum absolute atomic E-state index is 0.00751. The normalized spacial score (nSPS) is 18.7. The molecule has 0 spiro atoms. The summed E-state index contributed by atoms with van der Waals surface area (Å²) >= 11 is 12.4. The molecule has 0 radical (unpaired) electrons. The van der Waals surface area contributed by atoms with Crippen molar-refractivity contribution in [3.8, 4) is 11.3 Å². The summed E-state index contributed by atoms with van der Waals surface area (Å²) in [5.41, 5.74) is -0.651. The first-order valence-electron chi connectivity index (χ1n) is 8.74. The number of esters is 1. The van der Waals surface area contributed by atoms with E-state index in [1.807, 2.05) is 0 Å². The van der Waals surface area contributed by atoms with E-state index in [2.05, 4.69) is 10.1 Å². The summed E-state index contributed by atoms with van der Waals surface area (Å²) in [7, 11) is -3.53. The second-order valence-corrected chi connectivity index (χ2v) is 9.67. The van der Waals surface area contributed by atoms with Gasteiger partial charge in [0.25, 0.3) is 0 Å². The van der Waals surface area contributed by atoms with Gasteiger partial charge in [-0.05, 0) is 32.0 Å². The molecule has 2 aromatic rings. The van der Waals surface area contributed by atoms with Gasteiger partial charge in [-0.3, -0.25) is 4.98 Å². The van der Waals surface area contributed by atoms with Gasteiger partial charge >= 0.3 is 5.97 Å².